The van der Waals surface area contributed by atoms with Gasteiger partial charge in [0.05, 0.1) is 0 Å². The Labute approximate surface area is 116 Å². The second-order valence-corrected chi connectivity index (χ2v) is 7.01. The zero-order chi connectivity index (χ0) is 13.3. The molecule has 0 amide bonds. The maximum Gasteiger partial charge on any atom is 0.0367 e. The van der Waals surface area contributed by atoms with Crippen molar-refractivity contribution in [1.82, 2.24) is 5.32 Å². The molecule has 0 radical (unpaired) electrons. The van der Waals surface area contributed by atoms with Gasteiger partial charge in [-0.3, -0.25) is 0 Å². The van der Waals surface area contributed by atoms with E-state index in [1.807, 2.05) is 11.8 Å². The van der Waals surface area contributed by atoms with E-state index >= 15 is 0 Å². The van der Waals surface area contributed by atoms with Crippen molar-refractivity contribution in [2.75, 3.05) is 6.54 Å². The lowest BCUT2D eigenvalue weighted by Crippen LogP contribution is -2.35. The first kappa shape index (κ1) is 14.0. The Kier molecular flexibility index (Phi) is 4.39. The van der Waals surface area contributed by atoms with Gasteiger partial charge in [-0.1, -0.05) is 26.8 Å². The third-order valence-corrected chi connectivity index (χ3v) is 5.56. The number of aryl methyl sites for hydroxylation is 2. The number of thioether (sulfide) groups is 1. The van der Waals surface area contributed by atoms with Crippen LogP contribution in [0.3, 0.4) is 0 Å². The number of hydrogen-bond donors (Lipinski definition) is 1. The molecule has 0 fully saturated rings. The molecule has 0 spiro atoms. The first-order chi connectivity index (χ1) is 8.54. The van der Waals surface area contributed by atoms with Gasteiger partial charge < -0.3 is 5.32 Å². The van der Waals surface area contributed by atoms with E-state index in [0.717, 1.165) is 6.54 Å². The molecule has 1 nitrogen and oxygen atoms in total. The van der Waals surface area contributed by atoms with Crippen LogP contribution in [0.4, 0.5) is 0 Å². The maximum absolute atomic E-state index is 3.74. The highest BCUT2D eigenvalue weighted by Crippen LogP contribution is 2.44. The lowest BCUT2D eigenvalue weighted by atomic mass is 9.89. The third kappa shape index (κ3) is 2.60. The summed E-state index contributed by atoms with van der Waals surface area (Å²) in [5.74, 6) is 0.691. The number of benzene rings is 1. The highest BCUT2D eigenvalue weighted by atomic mass is 32.2. The molecule has 0 aromatic heterocycles. The molecule has 0 bridgehead atoms. The molecule has 2 heteroatoms. The average molecular weight is 263 g/mol. The van der Waals surface area contributed by atoms with Crippen molar-refractivity contribution in [3.05, 3.63) is 28.8 Å². The van der Waals surface area contributed by atoms with Crippen molar-refractivity contribution in [3.63, 3.8) is 0 Å². The van der Waals surface area contributed by atoms with Crippen LogP contribution in [-0.4, -0.2) is 11.8 Å². The Bertz CT molecular complexity index is 427. The molecule has 18 heavy (non-hydrogen) atoms. The molecule has 0 aliphatic carbocycles. The number of nitrogens with one attached hydrogen (secondary N) is 1. The molecule has 0 saturated heterocycles. The quantitative estimate of drug-likeness (QED) is 0.863. The summed E-state index contributed by atoms with van der Waals surface area (Å²) in [5, 5.41) is 4.43. The van der Waals surface area contributed by atoms with Gasteiger partial charge in [0.2, 0.25) is 0 Å². The summed E-state index contributed by atoms with van der Waals surface area (Å²) < 4.78 is 0. The van der Waals surface area contributed by atoms with Gasteiger partial charge in [-0.25, -0.2) is 0 Å². The zero-order valence-electron chi connectivity index (χ0n) is 12.2. The number of fused-ring (bicyclic) bond motifs is 1. The van der Waals surface area contributed by atoms with Crippen LogP contribution in [0.15, 0.2) is 17.0 Å². The molecule has 1 heterocycles. The molecule has 1 aliphatic heterocycles. The minimum Gasteiger partial charge on any atom is -0.310 e. The van der Waals surface area contributed by atoms with Gasteiger partial charge in [0.15, 0.2) is 0 Å². The second-order valence-electron chi connectivity index (χ2n) is 5.59. The van der Waals surface area contributed by atoms with E-state index in [1.165, 1.54) is 28.0 Å². The van der Waals surface area contributed by atoms with Crippen LogP contribution < -0.4 is 5.32 Å². The molecule has 1 N–H and O–H groups in total. The normalized spacial score (nSPS) is 27.1. The lowest BCUT2D eigenvalue weighted by molar-refractivity contribution is 0.373. The van der Waals surface area contributed by atoms with Gasteiger partial charge in [0.1, 0.15) is 0 Å². The highest BCUT2D eigenvalue weighted by molar-refractivity contribution is 8.00. The molecule has 1 aromatic carbocycles. The van der Waals surface area contributed by atoms with Crippen LogP contribution >= 0.6 is 11.8 Å². The Morgan fingerprint density at radius 3 is 2.50 bits per heavy atom. The average Bonchev–Trinajstić information content (AvgIpc) is 2.33. The van der Waals surface area contributed by atoms with Crippen LogP contribution in [0, 0.1) is 19.8 Å². The van der Waals surface area contributed by atoms with Crippen molar-refractivity contribution in [3.8, 4) is 0 Å². The Morgan fingerprint density at radius 1 is 1.17 bits per heavy atom. The molecule has 2 rings (SSSR count). The van der Waals surface area contributed by atoms with Crippen molar-refractivity contribution in [2.24, 2.45) is 5.92 Å². The van der Waals surface area contributed by atoms with Gasteiger partial charge in [0, 0.05) is 16.2 Å². The van der Waals surface area contributed by atoms with Gasteiger partial charge in [-0.2, -0.15) is 0 Å². The fraction of sp³-hybridized carbons (Fsp3) is 0.625. The van der Waals surface area contributed by atoms with E-state index in [0.29, 0.717) is 17.2 Å². The molecule has 3 unspecified atom stereocenters. The first-order valence-corrected chi connectivity index (χ1v) is 7.93. The third-order valence-electron chi connectivity index (χ3n) is 4.15. The molecule has 3 atom stereocenters. The summed E-state index contributed by atoms with van der Waals surface area (Å²) in [6.07, 6.45) is 1.20. The number of rotatable bonds is 3. The molecular formula is C16H25NS. The summed E-state index contributed by atoms with van der Waals surface area (Å²) in [4.78, 5) is 1.48. The molecule has 1 aromatic rings. The maximum atomic E-state index is 3.74. The predicted molar refractivity (Wildman–Crippen MR) is 81.4 cm³/mol. The van der Waals surface area contributed by atoms with Crippen LogP contribution in [0.25, 0.3) is 0 Å². The van der Waals surface area contributed by atoms with Crippen LogP contribution in [0.2, 0.25) is 0 Å². The molecular weight excluding hydrogens is 238 g/mol. The summed E-state index contributed by atoms with van der Waals surface area (Å²) in [6.45, 7) is 12.5. The smallest absolute Gasteiger partial charge is 0.0367 e. The van der Waals surface area contributed by atoms with Crippen LogP contribution in [0.5, 0.6) is 0 Å². The summed E-state index contributed by atoms with van der Waals surface area (Å²) >= 11 is 2.04. The summed E-state index contributed by atoms with van der Waals surface area (Å²) in [5.41, 5.74) is 4.35. The monoisotopic (exact) mass is 263 g/mol. The minimum absolute atomic E-state index is 0.524. The molecule has 100 valence electrons. The topological polar surface area (TPSA) is 12.0 Å². The van der Waals surface area contributed by atoms with Gasteiger partial charge in [-0.15, -0.1) is 11.8 Å². The standard InChI is InChI=1S/C16H25NS/c1-6-7-17-16-12(4)13(5)18-15-9-11(3)10(2)8-14(15)16/h8-9,12-13,16-17H,6-7H2,1-5H3. The molecule has 0 saturated carbocycles. The van der Waals surface area contributed by atoms with E-state index in [9.17, 15) is 0 Å². The Hall–Kier alpha value is -0.470. The first-order valence-electron chi connectivity index (χ1n) is 7.05. The van der Waals surface area contributed by atoms with Gasteiger partial charge >= 0.3 is 0 Å². The van der Waals surface area contributed by atoms with Crippen molar-refractivity contribution in [2.45, 2.75) is 57.2 Å². The SMILES string of the molecule is CCCNC1c2cc(C)c(C)cc2SC(C)C1C. The van der Waals surface area contributed by atoms with Crippen molar-refractivity contribution >= 4 is 11.8 Å². The highest BCUT2D eigenvalue weighted by Gasteiger charge is 2.31. The van der Waals surface area contributed by atoms with E-state index in [1.54, 1.807) is 0 Å². The largest absolute Gasteiger partial charge is 0.310 e. The Morgan fingerprint density at radius 2 is 1.83 bits per heavy atom. The van der Waals surface area contributed by atoms with E-state index in [-0.39, 0.29) is 0 Å². The molecule has 1 aliphatic rings. The fourth-order valence-corrected chi connectivity index (χ4v) is 3.95. The number of hydrogen-bond acceptors (Lipinski definition) is 2. The predicted octanol–water partition coefficient (Wildman–Crippen LogP) is 4.47. The van der Waals surface area contributed by atoms with E-state index in [4.69, 9.17) is 0 Å². The zero-order valence-corrected chi connectivity index (χ0v) is 13.0. The van der Waals surface area contributed by atoms with Crippen molar-refractivity contribution < 1.29 is 0 Å². The van der Waals surface area contributed by atoms with E-state index < -0.39 is 0 Å². The van der Waals surface area contributed by atoms with Crippen LogP contribution in [-0.2, 0) is 0 Å². The van der Waals surface area contributed by atoms with Crippen molar-refractivity contribution in [1.29, 1.82) is 0 Å². The summed E-state index contributed by atoms with van der Waals surface area (Å²) in [6, 6.07) is 5.29. The van der Waals surface area contributed by atoms with E-state index in [2.05, 4.69) is 52.1 Å². The summed E-state index contributed by atoms with van der Waals surface area (Å²) in [7, 11) is 0. The fourth-order valence-electron chi connectivity index (χ4n) is 2.61. The van der Waals surface area contributed by atoms with Gasteiger partial charge in [0.25, 0.3) is 0 Å². The minimum atomic E-state index is 0.524. The lowest BCUT2D eigenvalue weighted by Gasteiger charge is -2.36. The second kappa shape index (κ2) is 5.66. The van der Waals surface area contributed by atoms with Gasteiger partial charge in [-0.05, 0) is 55.5 Å². The van der Waals surface area contributed by atoms with Crippen LogP contribution in [0.1, 0.15) is 49.9 Å². The Balaban J connectivity index is 2.38.